The molecule has 1 amide bonds. The van der Waals surface area contributed by atoms with Crippen LogP contribution in [0.3, 0.4) is 0 Å². The van der Waals surface area contributed by atoms with Crippen LogP contribution in [-0.2, 0) is 11.3 Å². The highest BCUT2D eigenvalue weighted by molar-refractivity contribution is 5.79. The molecule has 0 bridgehead atoms. The van der Waals surface area contributed by atoms with Crippen LogP contribution in [0.2, 0.25) is 0 Å². The van der Waals surface area contributed by atoms with Gasteiger partial charge in [-0.2, -0.15) is 5.10 Å². The average Bonchev–Trinajstić information content (AvgIpc) is 3.08. The predicted octanol–water partition coefficient (Wildman–Crippen LogP) is 2.62. The number of carbonyl (C=O) groups is 1. The fourth-order valence-electron chi connectivity index (χ4n) is 4.54. The molecule has 2 aromatic rings. The highest BCUT2D eigenvalue weighted by atomic mass is 16.1. The van der Waals surface area contributed by atoms with Crippen molar-refractivity contribution in [2.45, 2.75) is 57.5 Å². The summed E-state index contributed by atoms with van der Waals surface area (Å²) in [6.07, 6.45) is 9.95. The first-order chi connectivity index (χ1) is 12.3. The number of hydrogen-bond donors (Lipinski definition) is 2. The SMILES string of the molecule is O=C(CC[C@@H]1CCCN2CCCC[C@H]12)NCc1[nH]nc2ncccc12. The Kier molecular flexibility index (Phi) is 4.97. The Bertz CT molecular complexity index is 725. The molecule has 2 saturated heterocycles. The van der Waals surface area contributed by atoms with Crippen molar-refractivity contribution in [2.75, 3.05) is 13.1 Å². The molecule has 25 heavy (non-hydrogen) atoms. The largest absolute Gasteiger partial charge is 0.350 e. The van der Waals surface area contributed by atoms with Crippen LogP contribution in [0.5, 0.6) is 0 Å². The predicted molar refractivity (Wildman–Crippen MR) is 96.9 cm³/mol. The monoisotopic (exact) mass is 341 g/mol. The maximum atomic E-state index is 12.3. The van der Waals surface area contributed by atoms with E-state index >= 15 is 0 Å². The molecule has 0 spiro atoms. The van der Waals surface area contributed by atoms with Crippen molar-refractivity contribution in [2.24, 2.45) is 5.92 Å². The number of rotatable bonds is 5. The lowest BCUT2D eigenvalue weighted by Crippen LogP contribution is -2.48. The smallest absolute Gasteiger partial charge is 0.220 e. The van der Waals surface area contributed by atoms with Gasteiger partial charge in [-0.25, -0.2) is 4.98 Å². The number of hydrogen-bond acceptors (Lipinski definition) is 4. The number of aromatic amines is 1. The van der Waals surface area contributed by atoms with Crippen LogP contribution in [0.15, 0.2) is 18.3 Å². The molecule has 2 aliphatic rings. The molecule has 2 N–H and O–H groups in total. The Balaban J connectivity index is 1.27. The number of fused-ring (bicyclic) bond motifs is 2. The normalized spacial score (nSPS) is 24.2. The average molecular weight is 341 g/mol. The Labute approximate surface area is 148 Å². The second-order valence-corrected chi connectivity index (χ2v) is 7.39. The number of piperidine rings is 2. The second-order valence-electron chi connectivity index (χ2n) is 7.39. The number of H-pyrrole nitrogens is 1. The number of nitrogens with zero attached hydrogens (tertiary/aromatic N) is 3. The zero-order valence-electron chi connectivity index (χ0n) is 14.7. The fourth-order valence-corrected chi connectivity index (χ4v) is 4.54. The van der Waals surface area contributed by atoms with Crippen molar-refractivity contribution in [1.82, 2.24) is 25.4 Å². The topological polar surface area (TPSA) is 73.9 Å². The second kappa shape index (κ2) is 7.52. The van der Waals surface area contributed by atoms with Crippen LogP contribution >= 0.6 is 0 Å². The number of amides is 1. The van der Waals surface area contributed by atoms with E-state index in [0.29, 0.717) is 24.5 Å². The molecular formula is C19H27N5O. The first-order valence-electron chi connectivity index (χ1n) is 9.60. The van der Waals surface area contributed by atoms with Gasteiger partial charge in [-0.3, -0.25) is 9.89 Å². The first kappa shape index (κ1) is 16.5. The van der Waals surface area contributed by atoms with Gasteiger partial charge in [-0.15, -0.1) is 0 Å². The summed E-state index contributed by atoms with van der Waals surface area (Å²) in [6, 6.07) is 4.59. The van der Waals surface area contributed by atoms with Gasteiger partial charge < -0.3 is 10.2 Å². The molecule has 0 radical (unpaired) electrons. The molecule has 2 aromatic heterocycles. The Morgan fingerprint density at radius 3 is 3.16 bits per heavy atom. The zero-order valence-corrected chi connectivity index (χ0v) is 14.7. The van der Waals surface area contributed by atoms with Crippen LogP contribution in [0, 0.1) is 5.92 Å². The summed E-state index contributed by atoms with van der Waals surface area (Å²) in [4.78, 5) is 19.2. The summed E-state index contributed by atoms with van der Waals surface area (Å²) >= 11 is 0. The lowest BCUT2D eigenvalue weighted by atomic mass is 9.81. The van der Waals surface area contributed by atoms with E-state index in [2.05, 4.69) is 25.4 Å². The van der Waals surface area contributed by atoms with E-state index in [9.17, 15) is 4.79 Å². The van der Waals surface area contributed by atoms with Gasteiger partial charge in [-0.1, -0.05) is 6.42 Å². The van der Waals surface area contributed by atoms with Gasteiger partial charge in [0.15, 0.2) is 5.65 Å². The van der Waals surface area contributed by atoms with Crippen molar-refractivity contribution in [1.29, 1.82) is 0 Å². The number of carbonyl (C=O) groups excluding carboxylic acids is 1. The highest BCUT2D eigenvalue weighted by Gasteiger charge is 2.32. The van der Waals surface area contributed by atoms with E-state index in [1.807, 2.05) is 12.1 Å². The minimum atomic E-state index is 0.138. The van der Waals surface area contributed by atoms with Crippen LogP contribution in [0.1, 0.15) is 50.6 Å². The molecule has 0 saturated carbocycles. The van der Waals surface area contributed by atoms with Crippen LogP contribution in [-0.4, -0.2) is 45.1 Å². The summed E-state index contributed by atoms with van der Waals surface area (Å²) in [5, 5.41) is 11.2. The summed E-state index contributed by atoms with van der Waals surface area (Å²) in [6.45, 7) is 3.00. The summed E-state index contributed by atoms with van der Waals surface area (Å²) in [7, 11) is 0. The van der Waals surface area contributed by atoms with Crippen molar-refractivity contribution in [3.05, 3.63) is 24.0 Å². The number of nitrogens with one attached hydrogen (secondary N) is 2. The summed E-state index contributed by atoms with van der Waals surface area (Å²) < 4.78 is 0. The van der Waals surface area contributed by atoms with E-state index in [4.69, 9.17) is 0 Å². The van der Waals surface area contributed by atoms with E-state index < -0.39 is 0 Å². The molecule has 2 atom stereocenters. The van der Waals surface area contributed by atoms with Gasteiger partial charge in [0.25, 0.3) is 0 Å². The lowest BCUT2D eigenvalue weighted by molar-refractivity contribution is -0.121. The Hall–Kier alpha value is -1.95. The maximum absolute atomic E-state index is 12.3. The van der Waals surface area contributed by atoms with Gasteiger partial charge >= 0.3 is 0 Å². The van der Waals surface area contributed by atoms with Gasteiger partial charge in [0.1, 0.15) is 0 Å². The molecule has 6 heteroatoms. The molecule has 6 nitrogen and oxygen atoms in total. The molecule has 134 valence electrons. The number of pyridine rings is 1. The highest BCUT2D eigenvalue weighted by Crippen LogP contribution is 2.33. The minimum Gasteiger partial charge on any atom is -0.350 e. The molecule has 0 unspecified atom stereocenters. The van der Waals surface area contributed by atoms with Crippen LogP contribution in [0.4, 0.5) is 0 Å². The molecule has 4 rings (SSSR count). The molecule has 2 fully saturated rings. The van der Waals surface area contributed by atoms with Crippen molar-refractivity contribution in [3.8, 4) is 0 Å². The van der Waals surface area contributed by atoms with Crippen molar-refractivity contribution in [3.63, 3.8) is 0 Å². The molecular weight excluding hydrogens is 314 g/mol. The molecule has 4 heterocycles. The lowest BCUT2D eigenvalue weighted by Gasteiger charge is -2.44. The molecule has 0 aromatic carbocycles. The molecule has 2 aliphatic heterocycles. The van der Waals surface area contributed by atoms with E-state index in [1.165, 1.54) is 45.2 Å². The van der Waals surface area contributed by atoms with Gasteiger partial charge in [0, 0.05) is 24.0 Å². The van der Waals surface area contributed by atoms with E-state index in [-0.39, 0.29) is 5.91 Å². The van der Waals surface area contributed by atoms with Crippen LogP contribution < -0.4 is 5.32 Å². The number of aromatic nitrogens is 3. The van der Waals surface area contributed by atoms with Gasteiger partial charge in [0.05, 0.1) is 12.2 Å². The quantitative estimate of drug-likeness (QED) is 0.877. The Morgan fingerprint density at radius 1 is 1.28 bits per heavy atom. The van der Waals surface area contributed by atoms with Crippen LogP contribution in [0.25, 0.3) is 11.0 Å². The zero-order chi connectivity index (χ0) is 17.1. The maximum Gasteiger partial charge on any atom is 0.220 e. The summed E-state index contributed by atoms with van der Waals surface area (Å²) in [5.41, 5.74) is 1.62. The fraction of sp³-hybridized carbons (Fsp3) is 0.632. The minimum absolute atomic E-state index is 0.138. The third-order valence-electron chi connectivity index (χ3n) is 5.84. The standard InChI is InChI=1S/C19H27N5O/c25-18(21-13-16-15-6-3-10-20-19(15)23-22-16)9-8-14-5-4-12-24-11-2-1-7-17(14)24/h3,6,10,14,17H,1-2,4-5,7-9,11-13H2,(H,21,25)(H,20,22,23)/t14-,17+/m0/s1. The third-order valence-corrected chi connectivity index (χ3v) is 5.84. The molecule has 0 aliphatic carbocycles. The summed E-state index contributed by atoms with van der Waals surface area (Å²) in [5.74, 6) is 0.830. The van der Waals surface area contributed by atoms with Gasteiger partial charge in [-0.05, 0) is 63.2 Å². The Morgan fingerprint density at radius 2 is 2.20 bits per heavy atom. The van der Waals surface area contributed by atoms with Crippen molar-refractivity contribution >= 4 is 16.9 Å². The first-order valence-corrected chi connectivity index (χ1v) is 9.60. The van der Waals surface area contributed by atoms with Crippen molar-refractivity contribution < 1.29 is 4.79 Å². The van der Waals surface area contributed by atoms with E-state index in [0.717, 1.165) is 23.5 Å². The van der Waals surface area contributed by atoms with E-state index in [1.54, 1.807) is 6.20 Å². The van der Waals surface area contributed by atoms with Gasteiger partial charge in [0.2, 0.25) is 5.91 Å². The third kappa shape index (κ3) is 3.68.